The molecular weight excluding hydrogens is 268 g/mol. The Balaban J connectivity index is 2.20. The molecule has 0 fully saturated rings. The summed E-state index contributed by atoms with van der Waals surface area (Å²) in [5.41, 5.74) is 8.00. The topological polar surface area (TPSA) is 46.3 Å². The second-order valence-electron chi connectivity index (χ2n) is 4.41. The minimum absolute atomic E-state index is 0.0346. The standard InChI is InChI=1S/C16H16N2OS/c1-12-5-3-6-14(9-12)18(2)16(19)13-10-15(20-11-13)7-4-8-17/h3,5-6,9-11H,8,17H2,1-2H3. The third-order valence-corrected chi connectivity index (χ3v) is 3.70. The van der Waals surface area contributed by atoms with E-state index in [0.717, 1.165) is 16.1 Å². The van der Waals surface area contributed by atoms with Gasteiger partial charge in [0, 0.05) is 18.1 Å². The van der Waals surface area contributed by atoms with Crippen LogP contribution in [0.15, 0.2) is 35.7 Å². The summed E-state index contributed by atoms with van der Waals surface area (Å²) < 4.78 is 0. The highest BCUT2D eigenvalue weighted by Gasteiger charge is 2.14. The maximum atomic E-state index is 12.4. The molecule has 102 valence electrons. The molecule has 1 amide bonds. The molecule has 0 aliphatic carbocycles. The predicted octanol–water partition coefficient (Wildman–Crippen LogP) is 2.64. The third-order valence-electron chi connectivity index (χ3n) is 2.85. The number of nitrogens with two attached hydrogens (primary N) is 1. The Bertz CT molecular complexity index is 679. The minimum atomic E-state index is -0.0346. The second kappa shape index (κ2) is 6.38. The van der Waals surface area contributed by atoms with Crippen LogP contribution in [0.25, 0.3) is 0 Å². The molecule has 0 saturated heterocycles. The summed E-state index contributed by atoms with van der Waals surface area (Å²) >= 11 is 1.46. The lowest BCUT2D eigenvalue weighted by molar-refractivity contribution is 0.0993. The van der Waals surface area contributed by atoms with Crippen LogP contribution in [0.3, 0.4) is 0 Å². The Morgan fingerprint density at radius 2 is 2.20 bits per heavy atom. The molecule has 20 heavy (non-hydrogen) atoms. The van der Waals surface area contributed by atoms with Gasteiger partial charge >= 0.3 is 0 Å². The van der Waals surface area contributed by atoms with E-state index in [-0.39, 0.29) is 5.91 Å². The van der Waals surface area contributed by atoms with Crippen LogP contribution in [-0.4, -0.2) is 19.5 Å². The maximum absolute atomic E-state index is 12.4. The average Bonchev–Trinajstić information content (AvgIpc) is 2.92. The van der Waals surface area contributed by atoms with Crippen molar-refractivity contribution in [1.29, 1.82) is 0 Å². The number of benzene rings is 1. The van der Waals surface area contributed by atoms with Crippen LogP contribution in [0.1, 0.15) is 20.8 Å². The second-order valence-corrected chi connectivity index (χ2v) is 5.32. The monoisotopic (exact) mass is 284 g/mol. The molecule has 2 N–H and O–H groups in total. The van der Waals surface area contributed by atoms with Crippen LogP contribution in [0, 0.1) is 18.8 Å². The number of nitrogens with zero attached hydrogens (tertiary/aromatic N) is 1. The molecule has 0 atom stereocenters. The number of hydrogen-bond donors (Lipinski definition) is 1. The van der Waals surface area contributed by atoms with Crippen LogP contribution in [-0.2, 0) is 0 Å². The molecule has 3 nitrogen and oxygen atoms in total. The molecule has 1 aromatic heterocycles. The van der Waals surface area contributed by atoms with E-state index in [9.17, 15) is 4.79 Å². The van der Waals surface area contributed by atoms with Gasteiger partial charge in [-0.25, -0.2) is 0 Å². The van der Waals surface area contributed by atoms with Crippen molar-refractivity contribution < 1.29 is 4.79 Å². The molecule has 0 saturated carbocycles. The van der Waals surface area contributed by atoms with Gasteiger partial charge < -0.3 is 10.6 Å². The van der Waals surface area contributed by atoms with Crippen LogP contribution >= 0.6 is 11.3 Å². The van der Waals surface area contributed by atoms with E-state index in [0.29, 0.717) is 12.1 Å². The molecule has 0 radical (unpaired) electrons. The summed E-state index contributed by atoms with van der Waals surface area (Å²) in [6.07, 6.45) is 0. The Labute approximate surface area is 123 Å². The summed E-state index contributed by atoms with van der Waals surface area (Å²) in [7, 11) is 1.78. The quantitative estimate of drug-likeness (QED) is 0.862. The Morgan fingerprint density at radius 3 is 2.90 bits per heavy atom. The van der Waals surface area contributed by atoms with Crippen molar-refractivity contribution in [2.45, 2.75) is 6.92 Å². The fourth-order valence-electron chi connectivity index (χ4n) is 1.80. The van der Waals surface area contributed by atoms with Gasteiger partial charge in [0.1, 0.15) is 0 Å². The molecule has 2 rings (SSSR count). The zero-order chi connectivity index (χ0) is 14.5. The van der Waals surface area contributed by atoms with Crippen molar-refractivity contribution >= 4 is 22.9 Å². The lowest BCUT2D eigenvalue weighted by Crippen LogP contribution is -2.25. The largest absolute Gasteiger partial charge is 0.320 e. The number of carbonyl (C=O) groups excluding carboxylic acids is 1. The highest BCUT2D eigenvalue weighted by Crippen LogP contribution is 2.20. The van der Waals surface area contributed by atoms with E-state index in [1.165, 1.54) is 11.3 Å². The van der Waals surface area contributed by atoms with Crippen molar-refractivity contribution in [1.82, 2.24) is 0 Å². The number of aryl methyl sites for hydroxylation is 1. The van der Waals surface area contributed by atoms with Gasteiger partial charge in [0.15, 0.2) is 0 Å². The minimum Gasteiger partial charge on any atom is -0.320 e. The molecule has 2 aromatic rings. The van der Waals surface area contributed by atoms with E-state index in [1.54, 1.807) is 11.9 Å². The van der Waals surface area contributed by atoms with E-state index < -0.39 is 0 Å². The van der Waals surface area contributed by atoms with Crippen molar-refractivity contribution in [3.8, 4) is 11.8 Å². The summed E-state index contributed by atoms with van der Waals surface area (Å²) in [4.78, 5) is 14.9. The van der Waals surface area contributed by atoms with E-state index >= 15 is 0 Å². The molecule has 0 aliphatic rings. The van der Waals surface area contributed by atoms with E-state index in [2.05, 4.69) is 11.8 Å². The number of anilines is 1. The highest BCUT2D eigenvalue weighted by molar-refractivity contribution is 7.10. The molecule has 0 unspecified atom stereocenters. The van der Waals surface area contributed by atoms with Crippen molar-refractivity contribution in [3.63, 3.8) is 0 Å². The van der Waals surface area contributed by atoms with Crippen molar-refractivity contribution in [2.24, 2.45) is 5.73 Å². The van der Waals surface area contributed by atoms with Gasteiger partial charge in [-0.2, -0.15) is 0 Å². The molecule has 4 heteroatoms. The molecule has 1 aromatic carbocycles. The summed E-state index contributed by atoms with van der Waals surface area (Å²) in [6.45, 7) is 2.33. The lowest BCUT2D eigenvalue weighted by Gasteiger charge is -2.17. The van der Waals surface area contributed by atoms with Crippen LogP contribution < -0.4 is 10.6 Å². The normalized spacial score (nSPS) is 9.75. The van der Waals surface area contributed by atoms with Gasteiger partial charge in [0.05, 0.1) is 17.0 Å². The fraction of sp³-hybridized carbons (Fsp3) is 0.188. The fourth-order valence-corrected chi connectivity index (χ4v) is 2.55. The van der Waals surface area contributed by atoms with Gasteiger partial charge in [-0.05, 0) is 30.7 Å². The van der Waals surface area contributed by atoms with Crippen LogP contribution in [0.2, 0.25) is 0 Å². The Morgan fingerprint density at radius 1 is 1.40 bits per heavy atom. The van der Waals surface area contributed by atoms with Gasteiger partial charge in [0.25, 0.3) is 5.91 Å². The lowest BCUT2D eigenvalue weighted by atomic mass is 10.2. The number of amides is 1. The zero-order valence-corrected chi connectivity index (χ0v) is 12.3. The zero-order valence-electron chi connectivity index (χ0n) is 11.5. The smallest absolute Gasteiger partial charge is 0.258 e. The first-order chi connectivity index (χ1) is 9.61. The number of rotatable bonds is 2. The third kappa shape index (κ3) is 3.27. The Kier molecular flexibility index (Phi) is 4.57. The first kappa shape index (κ1) is 14.3. The average molecular weight is 284 g/mol. The van der Waals surface area contributed by atoms with Gasteiger partial charge in [-0.15, -0.1) is 11.3 Å². The number of carbonyl (C=O) groups is 1. The van der Waals surface area contributed by atoms with Crippen LogP contribution in [0.5, 0.6) is 0 Å². The van der Waals surface area contributed by atoms with Crippen LogP contribution in [0.4, 0.5) is 5.69 Å². The maximum Gasteiger partial charge on any atom is 0.258 e. The van der Waals surface area contributed by atoms with Crippen molar-refractivity contribution in [3.05, 3.63) is 51.7 Å². The van der Waals surface area contributed by atoms with Crippen molar-refractivity contribution in [2.75, 3.05) is 18.5 Å². The number of hydrogen-bond acceptors (Lipinski definition) is 3. The SMILES string of the molecule is Cc1cccc(N(C)C(=O)c2csc(C#CCN)c2)c1. The van der Waals surface area contributed by atoms with Gasteiger partial charge in [-0.3, -0.25) is 4.79 Å². The molecule has 1 heterocycles. The number of thiophene rings is 1. The highest BCUT2D eigenvalue weighted by atomic mass is 32.1. The predicted molar refractivity (Wildman–Crippen MR) is 84.2 cm³/mol. The van der Waals surface area contributed by atoms with Gasteiger partial charge in [0.2, 0.25) is 0 Å². The molecule has 0 bridgehead atoms. The first-order valence-electron chi connectivity index (χ1n) is 6.24. The Hall–Kier alpha value is -2.09. The summed E-state index contributed by atoms with van der Waals surface area (Å²) in [5.74, 6) is 5.69. The first-order valence-corrected chi connectivity index (χ1v) is 7.12. The summed E-state index contributed by atoms with van der Waals surface area (Å²) in [5, 5.41) is 1.83. The summed E-state index contributed by atoms with van der Waals surface area (Å²) in [6, 6.07) is 9.67. The van der Waals surface area contributed by atoms with E-state index in [1.807, 2.05) is 42.6 Å². The molecule has 0 spiro atoms. The molecular formula is C16H16N2OS. The molecule has 0 aliphatic heterocycles. The van der Waals surface area contributed by atoms with Gasteiger partial charge in [-0.1, -0.05) is 24.0 Å². The van der Waals surface area contributed by atoms with E-state index in [4.69, 9.17) is 5.73 Å².